The Kier molecular flexibility index (Phi) is 4.57. The Labute approximate surface area is 97.5 Å². The molecule has 0 aliphatic rings. The van der Waals surface area contributed by atoms with Gasteiger partial charge in [-0.05, 0) is 52.3 Å². The highest BCUT2D eigenvalue weighted by molar-refractivity contribution is 5.02. The van der Waals surface area contributed by atoms with Crippen LogP contribution in [0, 0.1) is 16.7 Å². The fourth-order valence-corrected chi connectivity index (χ4v) is 1.54. The third-order valence-electron chi connectivity index (χ3n) is 2.70. The van der Waals surface area contributed by atoms with Crippen LogP contribution in [0.15, 0.2) is 22.8 Å². The Bertz CT molecular complexity index is 335. The van der Waals surface area contributed by atoms with Gasteiger partial charge < -0.3 is 9.73 Å². The van der Waals surface area contributed by atoms with Crippen LogP contribution in [0.2, 0.25) is 0 Å². The Morgan fingerprint density at radius 2 is 2.31 bits per heavy atom. The molecule has 1 aromatic heterocycles. The lowest BCUT2D eigenvalue weighted by Gasteiger charge is -2.16. The number of furan rings is 1. The average molecular weight is 220 g/mol. The largest absolute Gasteiger partial charge is 0.468 e. The van der Waals surface area contributed by atoms with E-state index in [1.165, 1.54) is 0 Å². The highest BCUT2D eigenvalue weighted by Gasteiger charge is 2.15. The molecule has 0 aromatic carbocycles. The molecule has 3 heteroatoms. The van der Waals surface area contributed by atoms with Crippen molar-refractivity contribution in [3.8, 4) is 6.07 Å². The maximum Gasteiger partial charge on any atom is 0.120 e. The molecule has 0 saturated heterocycles. The number of nitrogens with one attached hydrogen (secondary N) is 1. The molecule has 1 atom stereocenters. The van der Waals surface area contributed by atoms with Crippen molar-refractivity contribution in [3.63, 3.8) is 0 Å². The molecule has 1 N–H and O–H groups in total. The van der Waals surface area contributed by atoms with E-state index in [-0.39, 0.29) is 11.5 Å². The summed E-state index contributed by atoms with van der Waals surface area (Å²) in [6.07, 6.45) is 3.61. The van der Waals surface area contributed by atoms with Gasteiger partial charge in [0.1, 0.15) is 5.76 Å². The molecule has 1 aromatic rings. The predicted molar refractivity (Wildman–Crippen MR) is 63.8 cm³/mol. The van der Waals surface area contributed by atoms with Gasteiger partial charge in [0.25, 0.3) is 0 Å². The van der Waals surface area contributed by atoms with E-state index >= 15 is 0 Å². The van der Waals surface area contributed by atoms with Crippen LogP contribution < -0.4 is 5.32 Å². The van der Waals surface area contributed by atoms with E-state index in [1.807, 2.05) is 26.0 Å². The van der Waals surface area contributed by atoms with Crippen molar-refractivity contribution < 1.29 is 4.42 Å². The maximum atomic E-state index is 8.87. The third-order valence-corrected chi connectivity index (χ3v) is 2.70. The summed E-state index contributed by atoms with van der Waals surface area (Å²) in [6.45, 7) is 6.94. The summed E-state index contributed by atoms with van der Waals surface area (Å²) in [5.41, 5.74) is -0.213. The zero-order chi connectivity index (χ0) is 12.0. The second kappa shape index (κ2) is 5.72. The van der Waals surface area contributed by atoms with Gasteiger partial charge in [-0.2, -0.15) is 5.26 Å². The van der Waals surface area contributed by atoms with Gasteiger partial charge >= 0.3 is 0 Å². The van der Waals surface area contributed by atoms with E-state index in [4.69, 9.17) is 9.68 Å². The average Bonchev–Trinajstić information content (AvgIpc) is 2.77. The van der Waals surface area contributed by atoms with E-state index in [0.29, 0.717) is 0 Å². The number of hydrogen-bond donors (Lipinski definition) is 1. The van der Waals surface area contributed by atoms with E-state index < -0.39 is 0 Å². The summed E-state index contributed by atoms with van der Waals surface area (Å²) < 4.78 is 5.30. The second-order valence-electron chi connectivity index (χ2n) is 4.79. The molecular formula is C13H20N2O. The van der Waals surface area contributed by atoms with Crippen molar-refractivity contribution in [3.05, 3.63) is 24.2 Å². The lowest BCUT2D eigenvalue weighted by molar-refractivity contribution is 0.395. The molecule has 0 bridgehead atoms. The quantitative estimate of drug-likeness (QED) is 0.748. The third kappa shape index (κ3) is 4.08. The topological polar surface area (TPSA) is 49.0 Å². The first-order chi connectivity index (χ1) is 7.55. The minimum absolute atomic E-state index is 0.213. The van der Waals surface area contributed by atoms with Gasteiger partial charge in [-0.15, -0.1) is 0 Å². The Balaban J connectivity index is 2.20. The zero-order valence-corrected chi connectivity index (χ0v) is 10.3. The summed E-state index contributed by atoms with van der Waals surface area (Å²) in [5, 5.41) is 12.2. The van der Waals surface area contributed by atoms with Crippen LogP contribution in [-0.4, -0.2) is 6.54 Å². The van der Waals surface area contributed by atoms with Crippen LogP contribution in [0.1, 0.15) is 45.4 Å². The second-order valence-corrected chi connectivity index (χ2v) is 4.79. The smallest absolute Gasteiger partial charge is 0.120 e. The minimum atomic E-state index is -0.213. The molecule has 88 valence electrons. The lowest BCUT2D eigenvalue weighted by Crippen LogP contribution is -2.21. The highest BCUT2D eigenvalue weighted by Crippen LogP contribution is 2.20. The lowest BCUT2D eigenvalue weighted by atomic mass is 9.90. The normalized spacial score (nSPS) is 13.4. The van der Waals surface area contributed by atoms with Gasteiger partial charge in [0.2, 0.25) is 0 Å². The number of rotatable bonds is 6. The monoisotopic (exact) mass is 220 g/mol. The van der Waals surface area contributed by atoms with Crippen molar-refractivity contribution in [1.29, 1.82) is 5.26 Å². The molecule has 0 unspecified atom stereocenters. The summed E-state index contributed by atoms with van der Waals surface area (Å²) in [5.74, 6) is 0.958. The van der Waals surface area contributed by atoms with Crippen molar-refractivity contribution in [2.45, 2.75) is 39.7 Å². The highest BCUT2D eigenvalue weighted by atomic mass is 16.3. The summed E-state index contributed by atoms with van der Waals surface area (Å²) >= 11 is 0. The van der Waals surface area contributed by atoms with Gasteiger partial charge in [-0.1, -0.05) is 0 Å². The first kappa shape index (κ1) is 12.8. The van der Waals surface area contributed by atoms with Gasteiger partial charge in [-0.25, -0.2) is 0 Å². The number of hydrogen-bond acceptors (Lipinski definition) is 3. The maximum absolute atomic E-state index is 8.87. The minimum Gasteiger partial charge on any atom is -0.468 e. The predicted octanol–water partition coefficient (Wildman–Crippen LogP) is 3.26. The van der Waals surface area contributed by atoms with Gasteiger partial charge in [0.05, 0.1) is 23.8 Å². The first-order valence-corrected chi connectivity index (χ1v) is 5.73. The van der Waals surface area contributed by atoms with Crippen LogP contribution in [0.4, 0.5) is 0 Å². The molecule has 1 rings (SSSR count). The number of nitrogens with zero attached hydrogens (tertiary/aromatic N) is 1. The fourth-order valence-electron chi connectivity index (χ4n) is 1.54. The molecule has 16 heavy (non-hydrogen) atoms. The molecule has 1 heterocycles. The van der Waals surface area contributed by atoms with Crippen molar-refractivity contribution in [2.75, 3.05) is 6.54 Å². The molecule has 0 amide bonds. The van der Waals surface area contributed by atoms with Crippen LogP contribution in [0.5, 0.6) is 0 Å². The van der Waals surface area contributed by atoms with E-state index in [1.54, 1.807) is 6.26 Å². The van der Waals surface area contributed by atoms with Crippen LogP contribution in [-0.2, 0) is 0 Å². The van der Waals surface area contributed by atoms with Crippen molar-refractivity contribution in [2.24, 2.45) is 5.41 Å². The van der Waals surface area contributed by atoms with Gasteiger partial charge in [0, 0.05) is 0 Å². The van der Waals surface area contributed by atoms with E-state index in [0.717, 1.165) is 25.1 Å². The van der Waals surface area contributed by atoms with Gasteiger partial charge in [0.15, 0.2) is 0 Å². The van der Waals surface area contributed by atoms with Crippen LogP contribution in [0.3, 0.4) is 0 Å². The summed E-state index contributed by atoms with van der Waals surface area (Å²) in [6, 6.07) is 6.41. The van der Waals surface area contributed by atoms with Crippen molar-refractivity contribution >= 4 is 0 Å². The molecule has 0 spiro atoms. The fraction of sp³-hybridized carbons (Fsp3) is 0.615. The summed E-state index contributed by atoms with van der Waals surface area (Å²) in [4.78, 5) is 0. The molecule has 0 aliphatic carbocycles. The number of nitriles is 1. The standard InChI is InChI=1S/C13H20N2O/c1-11(12-6-4-9-16-12)15-8-5-7-13(2,3)10-14/h4,6,9,11,15H,5,7-8H2,1-3H3/t11-/m1/s1. The Morgan fingerprint density at radius 3 is 2.88 bits per heavy atom. The van der Waals surface area contributed by atoms with Crippen molar-refractivity contribution in [1.82, 2.24) is 5.32 Å². The molecule has 0 radical (unpaired) electrons. The Morgan fingerprint density at radius 1 is 1.56 bits per heavy atom. The molecule has 0 saturated carbocycles. The molecule has 0 fully saturated rings. The SMILES string of the molecule is C[C@@H](NCCCC(C)(C)C#N)c1ccco1. The molecule has 3 nitrogen and oxygen atoms in total. The van der Waals surface area contributed by atoms with Crippen LogP contribution >= 0.6 is 0 Å². The summed E-state index contributed by atoms with van der Waals surface area (Å²) in [7, 11) is 0. The Hall–Kier alpha value is -1.27. The van der Waals surface area contributed by atoms with Gasteiger partial charge in [-0.3, -0.25) is 0 Å². The molecular weight excluding hydrogens is 200 g/mol. The van der Waals surface area contributed by atoms with E-state index in [2.05, 4.69) is 18.3 Å². The zero-order valence-electron chi connectivity index (χ0n) is 10.3. The molecule has 0 aliphatic heterocycles. The van der Waals surface area contributed by atoms with Crippen LogP contribution in [0.25, 0.3) is 0 Å². The van der Waals surface area contributed by atoms with E-state index in [9.17, 15) is 0 Å². The first-order valence-electron chi connectivity index (χ1n) is 5.73.